The molecule has 2 aromatic heterocycles. The lowest BCUT2D eigenvalue weighted by Gasteiger charge is -2.20. The molecule has 6 rings (SSSR count). The molecule has 2 aliphatic rings. The van der Waals surface area contributed by atoms with Gasteiger partial charge in [0.1, 0.15) is 18.5 Å². The number of carboxylic acid groups (broad SMARTS) is 1. The molecule has 0 aliphatic carbocycles. The number of aromatic nitrogens is 4. The van der Waals surface area contributed by atoms with Crippen molar-refractivity contribution in [2.24, 2.45) is 0 Å². The molecule has 0 saturated carbocycles. The number of rotatable bonds is 8. The summed E-state index contributed by atoms with van der Waals surface area (Å²) in [7, 11) is 0. The van der Waals surface area contributed by atoms with Crippen molar-refractivity contribution in [3.8, 4) is 0 Å². The van der Waals surface area contributed by atoms with Crippen LogP contribution in [0.1, 0.15) is 24.6 Å². The number of urea groups is 1. The summed E-state index contributed by atoms with van der Waals surface area (Å²) in [6.07, 6.45) is 3.87. The van der Waals surface area contributed by atoms with Gasteiger partial charge in [0.05, 0.1) is 12.4 Å². The molecule has 0 bridgehead atoms. The Kier molecular flexibility index (Phi) is 7.19. The average Bonchev–Trinajstić information content (AvgIpc) is 3.66. The van der Waals surface area contributed by atoms with Crippen LogP contribution in [0.25, 0.3) is 17.2 Å². The number of amides is 2. The fourth-order valence-corrected chi connectivity index (χ4v) is 4.85. The molecule has 4 heterocycles. The number of para-hydroxylation sites is 1. The van der Waals surface area contributed by atoms with Crippen LogP contribution in [0.4, 0.5) is 16.3 Å². The Balaban J connectivity index is 1.23. The first-order chi connectivity index (χ1) is 19.5. The predicted octanol–water partition coefficient (Wildman–Crippen LogP) is 4.06. The van der Waals surface area contributed by atoms with Crippen LogP contribution in [0, 0.1) is 0 Å². The summed E-state index contributed by atoms with van der Waals surface area (Å²) in [4.78, 5) is 36.9. The van der Waals surface area contributed by atoms with Crippen molar-refractivity contribution in [3.63, 3.8) is 0 Å². The second-order valence-electron chi connectivity index (χ2n) is 9.33. The monoisotopic (exact) mass is 542 g/mol. The van der Waals surface area contributed by atoms with Crippen molar-refractivity contribution in [1.29, 1.82) is 0 Å². The molecule has 5 atom stereocenters. The van der Waals surface area contributed by atoms with Crippen LogP contribution in [0.5, 0.6) is 0 Å². The first-order valence-corrected chi connectivity index (χ1v) is 12.8. The summed E-state index contributed by atoms with van der Waals surface area (Å²) < 4.78 is 20.4. The fourth-order valence-electron chi connectivity index (χ4n) is 4.85. The molecule has 40 heavy (non-hydrogen) atoms. The van der Waals surface area contributed by atoms with E-state index in [4.69, 9.17) is 14.2 Å². The molecule has 1 unspecified atom stereocenters. The highest BCUT2D eigenvalue weighted by Crippen LogP contribution is 2.42. The first-order valence-electron chi connectivity index (χ1n) is 12.8. The molecule has 2 saturated heterocycles. The van der Waals surface area contributed by atoms with E-state index in [2.05, 4.69) is 25.6 Å². The van der Waals surface area contributed by atoms with Gasteiger partial charge in [-0.1, -0.05) is 54.6 Å². The molecular formula is C28H26N6O6. The molecule has 3 N–H and O–H groups in total. The lowest BCUT2D eigenvalue weighted by atomic mass is 10.1. The Bertz CT molecular complexity index is 1530. The first kappa shape index (κ1) is 25.6. The SMILES string of the molecule is O=C(O)CC[C@H]1O[C@@H](n2cnc3c(NC(=O)Nc4ccccc4)ncnc32)[C@H]2O[C@@H](C=Cc3ccccc3)OC12. The van der Waals surface area contributed by atoms with Crippen molar-refractivity contribution >= 4 is 40.7 Å². The van der Waals surface area contributed by atoms with Crippen LogP contribution in [0.3, 0.4) is 0 Å². The number of ether oxygens (including phenoxy) is 3. The lowest BCUT2D eigenvalue weighted by Crippen LogP contribution is -2.29. The molecular weight excluding hydrogens is 516 g/mol. The molecule has 4 aromatic rings. The fraction of sp³-hybridized carbons (Fsp3) is 0.250. The van der Waals surface area contributed by atoms with Gasteiger partial charge >= 0.3 is 12.0 Å². The normalized spacial score (nSPS) is 23.9. The van der Waals surface area contributed by atoms with Crippen LogP contribution in [-0.2, 0) is 19.0 Å². The number of anilines is 2. The topological polar surface area (TPSA) is 150 Å². The van der Waals surface area contributed by atoms with E-state index in [1.807, 2.05) is 60.7 Å². The van der Waals surface area contributed by atoms with E-state index in [1.165, 1.54) is 12.7 Å². The molecule has 2 amide bonds. The van der Waals surface area contributed by atoms with Gasteiger partial charge in [-0.05, 0) is 30.2 Å². The van der Waals surface area contributed by atoms with Crippen LogP contribution >= 0.6 is 0 Å². The highest BCUT2D eigenvalue weighted by atomic mass is 16.8. The molecule has 12 nitrogen and oxygen atoms in total. The van der Waals surface area contributed by atoms with Crippen LogP contribution in [0.2, 0.25) is 0 Å². The van der Waals surface area contributed by atoms with Gasteiger partial charge in [-0.25, -0.2) is 19.7 Å². The zero-order chi connectivity index (χ0) is 27.5. The van der Waals surface area contributed by atoms with Crippen LogP contribution in [0.15, 0.2) is 79.4 Å². The number of carbonyl (C=O) groups excluding carboxylic acids is 1. The number of hydrogen-bond donors (Lipinski definition) is 3. The standard InChI is InChI=1S/C28H26N6O6/c35-20(36)13-12-19-23-24(40-21(39-23)14-11-17-7-3-1-4-8-17)27(38-19)34-16-31-22-25(29-15-30-26(22)34)33-28(37)32-18-9-5-2-6-10-18/h1-11,14-16,19,21,23-24,27H,12-13H2,(H,35,36)(H2,29,30,32,33,37)/t19-,21+,23?,24+,27-/m1/s1. The number of fused-ring (bicyclic) bond motifs is 2. The summed E-state index contributed by atoms with van der Waals surface area (Å²) in [5.41, 5.74) is 2.40. The Morgan fingerprint density at radius 1 is 0.925 bits per heavy atom. The number of nitrogens with one attached hydrogen (secondary N) is 2. The predicted molar refractivity (Wildman–Crippen MR) is 144 cm³/mol. The number of benzene rings is 2. The minimum Gasteiger partial charge on any atom is -0.481 e. The zero-order valence-electron chi connectivity index (χ0n) is 21.2. The maximum Gasteiger partial charge on any atom is 0.324 e. The van der Waals surface area contributed by atoms with Gasteiger partial charge in [0, 0.05) is 12.1 Å². The minimum absolute atomic E-state index is 0.0775. The van der Waals surface area contributed by atoms with Crippen molar-refractivity contribution in [1.82, 2.24) is 19.5 Å². The van der Waals surface area contributed by atoms with Gasteiger partial charge in [-0.2, -0.15) is 0 Å². The van der Waals surface area contributed by atoms with Gasteiger partial charge in [0.25, 0.3) is 0 Å². The Morgan fingerprint density at radius 3 is 2.45 bits per heavy atom. The summed E-state index contributed by atoms with van der Waals surface area (Å²) in [6, 6.07) is 18.3. The molecule has 2 fully saturated rings. The maximum atomic E-state index is 12.6. The summed E-state index contributed by atoms with van der Waals surface area (Å²) >= 11 is 0. The van der Waals surface area contributed by atoms with E-state index in [9.17, 15) is 14.7 Å². The summed E-state index contributed by atoms with van der Waals surface area (Å²) in [5, 5.41) is 14.7. The second-order valence-corrected chi connectivity index (χ2v) is 9.33. The van der Waals surface area contributed by atoms with Crippen molar-refractivity contribution in [2.75, 3.05) is 10.6 Å². The maximum absolute atomic E-state index is 12.6. The van der Waals surface area contributed by atoms with E-state index in [1.54, 1.807) is 16.7 Å². The van der Waals surface area contributed by atoms with Gasteiger partial charge < -0.3 is 24.6 Å². The lowest BCUT2D eigenvalue weighted by molar-refractivity contribution is -0.141. The van der Waals surface area contributed by atoms with Crippen LogP contribution in [-0.4, -0.2) is 61.2 Å². The molecule has 12 heteroatoms. The van der Waals surface area contributed by atoms with E-state index in [0.717, 1.165) is 5.56 Å². The van der Waals surface area contributed by atoms with E-state index in [-0.39, 0.29) is 18.7 Å². The quantitative estimate of drug-likeness (QED) is 0.300. The molecule has 2 aromatic carbocycles. The van der Waals surface area contributed by atoms with Crippen molar-refractivity contribution < 1.29 is 28.9 Å². The highest BCUT2D eigenvalue weighted by molar-refractivity contribution is 6.02. The third-order valence-corrected chi connectivity index (χ3v) is 6.65. The van der Waals surface area contributed by atoms with E-state index < -0.39 is 42.8 Å². The van der Waals surface area contributed by atoms with E-state index >= 15 is 0 Å². The Morgan fingerprint density at radius 2 is 1.68 bits per heavy atom. The van der Waals surface area contributed by atoms with Crippen molar-refractivity contribution in [3.05, 3.63) is 85.0 Å². The van der Waals surface area contributed by atoms with Gasteiger partial charge in [0.15, 0.2) is 29.5 Å². The number of imidazole rings is 1. The van der Waals surface area contributed by atoms with Gasteiger partial charge in [0.2, 0.25) is 0 Å². The van der Waals surface area contributed by atoms with Crippen molar-refractivity contribution in [2.45, 2.75) is 43.7 Å². The number of hydrogen-bond acceptors (Lipinski definition) is 8. The molecule has 0 radical (unpaired) electrons. The Hall–Kier alpha value is -4.65. The largest absolute Gasteiger partial charge is 0.481 e. The van der Waals surface area contributed by atoms with Gasteiger partial charge in [-0.15, -0.1) is 0 Å². The Labute approximate surface area is 228 Å². The zero-order valence-corrected chi connectivity index (χ0v) is 21.2. The van der Waals surface area contributed by atoms with Gasteiger partial charge in [-0.3, -0.25) is 14.7 Å². The third-order valence-electron chi connectivity index (χ3n) is 6.65. The summed E-state index contributed by atoms with van der Waals surface area (Å²) in [5.74, 6) is -0.699. The molecule has 2 aliphatic heterocycles. The highest BCUT2D eigenvalue weighted by Gasteiger charge is 2.53. The smallest absolute Gasteiger partial charge is 0.324 e. The molecule has 204 valence electrons. The number of nitrogens with zero attached hydrogens (tertiary/aromatic N) is 4. The van der Waals surface area contributed by atoms with Crippen LogP contribution < -0.4 is 10.6 Å². The number of carboxylic acids is 1. The summed E-state index contributed by atoms with van der Waals surface area (Å²) in [6.45, 7) is 0. The second kappa shape index (κ2) is 11.2. The molecule has 0 spiro atoms. The van der Waals surface area contributed by atoms with E-state index in [0.29, 0.717) is 16.9 Å². The minimum atomic E-state index is -0.923. The third kappa shape index (κ3) is 5.41. The number of carbonyl (C=O) groups is 2. The number of aliphatic carboxylic acids is 1. The average molecular weight is 543 g/mol.